The van der Waals surface area contributed by atoms with Crippen molar-refractivity contribution in [3.05, 3.63) is 75.0 Å². The molecule has 0 fully saturated rings. The van der Waals surface area contributed by atoms with E-state index in [1.807, 2.05) is 35.2 Å². The molecule has 0 bridgehead atoms. The minimum atomic E-state index is -0.242. The number of amides is 1. The maximum Gasteiger partial charge on any atom is 0.248 e. The molecule has 0 atom stereocenters. The van der Waals surface area contributed by atoms with Gasteiger partial charge in [0.1, 0.15) is 5.75 Å². The van der Waals surface area contributed by atoms with Crippen molar-refractivity contribution in [3.63, 3.8) is 0 Å². The number of nitrogens with zero attached hydrogens (tertiary/aromatic N) is 2. The predicted molar refractivity (Wildman–Crippen MR) is 158 cm³/mol. The molecule has 0 spiro atoms. The van der Waals surface area contributed by atoms with Crippen molar-refractivity contribution in [2.75, 3.05) is 59.0 Å². The number of aromatic amines is 1. The molecule has 1 amide bonds. The minimum Gasteiger partial charge on any atom is -0.506 e. The van der Waals surface area contributed by atoms with Crippen LogP contribution in [0.5, 0.6) is 5.75 Å². The van der Waals surface area contributed by atoms with E-state index in [0.29, 0.717) is 56.4 Å². The number of hydrogen-bond acceptors (Lipinski definition) is 6. The molecule has 0 aliphatic heterocycles. The van der Waals surface area contributed by atoms with Gasteiger partial charge in [-0.25, -0.2) is 0 Å². The summed E-state index contributed by atoms with van der Waals surface area (Å²) in [5, 5.41) is 15.1. The predicted octanol–water partition coefficient (Wildman–Crippen LogP) is 3.84. The zero-order valence-corrected chi connectivity index (χ0v) is 23.8. The third kappa shape index (κ3) is 9.97. The van der Waals surface area contributed by atoms with E-state index in [9.17, 15) is 14.7 Å². The Kier molecular flexibility index (Phi) is 12.8. The van der Waals surface area contributed by atoms with Gasteiger partial charge in [-0.1, -0.05) is 43.6 Å². The second kappa shape index (κ2) is 16.3. The second-order valence-electron chi connectivity index (χ2n) is 9.51. The number of likely N-dealkylation sites (N-methyl/N-ethyl adjacent to an activating group) is 1. The quantitative estimate of drug-likeness (QED) is 0.219. The number of fused-ring (bicyclic) bond motifs is 1. The van der Waals surface area contributed by atoms with Gasteiger partial charge in [-0.3, -0.25) is 9.59 Å². The Balaban J connectivity index is 1.45. The number of hydrogen-bond donors (Lipinski definition) is 3. The smallest absolute Gasteiger partial charge is 0.248 e. The van der Waals surface area contributed by atoms with Gasteiger partial charge in [0.2, 0.25) is 11.5 Å². The largest absolute Gasteiger partial charge is 0.506 e. The van der Waals surface area contributed by atoms with Crippen LogP contribution in [0.4, 0.5) is 0 Å². The first-order valence-corrected chi connectivity index (χ1v) is 14.2. The lowest BCUT2D eigenvalue weighted by molar-refractivity contribution is -0.132. The highest BCUT2D eigenvalue weighted by molar-refractivity contribution is 6.30. The van der Waals surface area contributed by atoms with Crippen molar-refractivity contribution in [2.45, 2.75) is 33.1 Å². The van der Waals surface area contributed by atoms with Gasteiger partial charge in [0, 0.05) is 42.7 Å². The van der Waals surface area contributed by atoms with Crippen molar-refractivity contribution in [3.8, 4) is 5.75 Å². The molecule has 3 N–H and O–H groups in total. The Morgan fingerprint density at radius 2 is 1.82 bits per heavy atom. The maximum absolute atomic E-state index is 13.0. The maximum atomic E-state index is 13.0. The number of aromatic nitrogens is 1. The SMILES string of the molecule is CCN(CC)CCN(CCNCCc1ccc(O)c2[nH]c(=O)ccc12)C(=O)CCOCCc1cccc(Cl)c1. The van der Waals surface area contributed by atoms with Crippen molar-refractivity contribution >= 4 is 28.4 Å². The molecule has 0 radical (unpaired) electrons. The van der Waals surface area contributed by atoms with Crippen LogP contribution in [0.15, 0.2) is 53.3 Å². The topological polar surface area (TPSA) is 97.9 Å². The molecule has 3 rings (SSSR count). The molecule has 9 heteroatoms. The van der Waals surface area contributed by atoms with Crippen LogP contribution in [0.3, 0.4) is 0 Å². The number of ether oxygens (including phenoxy) is 1. The summed E-state index contributed by atoms with van der Waals surface area (Å²) in [6.45, 7) is 10.6. The number of benzene rings is 2. The third-order valence-electron chi connectivity index (χ3n) is 6.91. The third-order valence-corrected chi connectivity index (χ3v) is 7.15. The van der Waals surface area contributed by atoms with E-state index >= 15 is 0 Å². The summed E-state index contributed by atoms with van der Waals surface area (Å²) in [7, 11) is 0. The van der Waals surface area contributed by atoms with Gasteiger partial charge in [-0.15, -0.1) is 0 Å². The number of H-pyrrole nitrogens is 1. The molecule has 0 saturated carbocycles. The number of carbonyl (C=O) groups is 1. The van der Waals surface area contributed by atoms with Gasteiger partial charge in [0.25, 0.3) is 0 Å². The Hall–Kier alpha value is -2.91. The van der Waals surface area contributed by atoms with E-state index < -0.39 is 0 Å². The fraction of sp³-hybridized carbons (Fsp3) is 0.467. The van der Waals surface area contributed by atoms with Gasteiger partial charge in [0.05, 0.1) is 25.2 Å². The molecular weight excluding hydrogens is 516 g/mol. The molecule has 1 heterocycles. The number of pyridine rings is 1. The number of halogens is 1. The van der Waals surface area contributed by atoms with E-state index in [1.54, 1.807) is 12.1 Å². The molecule has 212 valence electrons. The van der Waals surface area contributed by atoms with Crippen LogP contribution in [0.1, 0.15) is 31.4 Å². The summed E-state index contributed by atoms with van der Waals surface area (Å²) in [5.74, 6) is 0.162. The number of phenolic OH excluding ortho intramolecular Hbond substituents is 1. The number of carbonyl (C=O) groups excluding carboxylic acids is 1. The van der Waals surface area contributed by atoms with Crippen molar-refractivity contribution < 1.29 is 14.6 Å². The highest BCUT2D eigenvalue weighted by Crippen LogP contribution is 2.24. The Labute approximate surface area is 235 Å². The van der Waals surface area contributed by atoms with Gasteiger partial charge >= 0.3 is 0 Å². The normalized spacial score (nSPS) is 11.4. The summed E-state index contributed by atoms with van der Waals surface area (Å²) >= 11 is 6.04. The lowest BCUT2D eigenvalue weighted by Gasteiger charge is -2.27. The first kappa shape index (κ1) is 30.6. The van der Waals surface area contributed by atoms with Gasteiger partial charge in [0.15, 0.2) is 0 Å². The molecule has 3 aromatic rings. The first-order valence-electron chi connectivity index (χ1n) is 13.8. The molecule has 2 aromatic carbocycles. The number of aromatic hydroxyl groups is 1. The molecule has 0 saturated heterocycles. The van der Waals surface area contributed by atoms with E-state index in [-0.39, 0.29) is 17.2 Å². The van der Waals surface area contributed by atoms with Crippen LogP contribution >= 0.6 is 11.6 Å². The van der Waals surface area contributed by atoms with E-state index in [0.717, 1.165) is 49.0 Å². The number of rotatable bonds is 17. The highest BCUT2D eigenvalue weighted by atomic mass is 35.5. The van der Waals surface area contributed by atoms with Crippen LogP contribution in [0.25, 0.3) is 10.9 Å². The average Bonchev–Trinajstić information content (AvgIpc) is 2.93. The van der Waals surface area contributed by atoms with Crippen molar-refractivity contribution in [2.24, 2.45) is 0 Å². The summed E-state index contributed by atoms with van der Waals surface area (Å²) in [5.41, 5.74) is 2.38. The van der Waals surface area contributed by atoms with E-state index in [1.165, 1.54) is 6.07 Å². The second-order valence-corrected chi connectivity index (χ2v) is 9.94. The first-order chi connectivity index (χ1) is 18.9. The van der Waals surface area contributed by atoms with Crippen LogP contribution in [-0.2, 0) is 22.4 Å². The van der Waals surface area contributed by atoms with Gasteiger partial charge in [-0.05, 0) is 67.9 Å². The van der Waals surface area contributed by atoms with E-state index in [2.05, 4.69) is 29.0 Å². The zero-order valence-electron chi connectivity index (χ0n) is 23.0. The Morgan fingerprint density at radius 3 is 2.59 bits per heavy atom. The lowest BCUT2D eigenvalue weighted by atomic mass is 10.0. The van der Waals surface area contributed by atoms with Gasteiger partial charge < -0.3 is 29.9 Å². The van der Waals surface area contributed by atoms with Crippen LogP contribution < -0.4 is 10.9 Å². The standard InChI is InChI=1S/C30H41ClN4O4/c1-3-34(4-2)18-19-35(29(38)14-21-39-20-13-23-6-5-7-25(31)22-23)17-16-32-15-12-24-8-10-27(36)30-26(24)9-11-28(37)33-30/h5-11,22,32,36H,3-4,12-21H2,1-2H3,(H,33,37). The fourth-order valence-electron chi connectivity index (χ4n) is 4.54. The van der Waals surface area contributed by atoms with Gasteiger partial charge in [-0.2, -0.15) is 0 Å². The molecule has 8 nitrogen and oxygen atoms in total. The summed E-state index contributed by atoms with van der Waals surface area (Å²) in [6.07, 6.45) is 1.85. The molecule has 39 heavy (non-hydrogen) atoms. The van der Waals surface area contributed by atoms with Crippen molar-refractivity contribution in [1.29, 1.82) is 0 Å². The fourth-order valence-corrected chi connectivity index (χ4v) is 4.76. The van der Waals surface area contributed by atoms with Crippen LogP contribution in [-0.4, -0.2) is 84.8 Å². The molecule has 1 aromatic heterocycles. The summed E-state index contributed by atoms with van der Waals surface area (Å²) < 4.78 is 5.75. The van der Waals surface area contributed by atoms with Crippen LogP contribution in [0, 0.1) is 0 Å². The zero-order chi connectivity index (χ0) is 28.0. The number of phenols is 1. The van der Waals surface area contributed by atoms with Crippen molar-refractivity contribution in [1.82, 2.24) is 20.1 Å². The summed E-state index contributed by atoms with van der Waals surface area (Å²) in [4.78, 5) is 31.6. The minimum absolute atomic E-state index is 0.0650. The average molecular weight is 557 g/mol. The lowest BCUT2D eigenvalue weighted by Crippen LogP contribution is -2.42. The van der Waals surface area contributed by atoms with Crippen LogP contribution in [0.2, 0.25) is 5.02 Å². The molecule has 0 aliphatic rings. The number of nitrogens with one attached hydrogen (secondary N) is 2. The molecule has 0 unspecified atom stereocenters. The highest BCUT2D eigenvalue weighted by Gasteiger charge is 2.14. The summed E-state index contributed by atoms with van der Waals surface area (Å²) in [6, 6.07) is 14.4. The van der Waals surface area contributed by atoms with E-state index in [4.69, 9.17) is 16.3 Å². The monoisotopic (exact) mass is 556 g/mol. The Bertz CT molecular complexity index is 1250. The molecular formula is C30H41ClN4O4. The Morgan fingerprint density at radius 1 is 1.00 bits per heavy atom. The molecule has 0 aliphatic carbocycles.